The Morgan fingerprint density at radius 1 is 0.239 bits per heavy atom. The van der Waals surface area contributed by atoms with Crippen LogP contribution in [0.4, 0.5) is 34.1 Å². The molecule has 0 aromatic heterocycles. The highest BCUT2D eigenvalue weighted by atomic mass is 16.5. The lowest BCUT2D eigenvalue weighted by atomic mass is 9.63. The molecule has 0 spiro atoms. The minimum atomic E-state index is -1.25. The molecule has 11 rings (SSSR count). The predicted octanol–water partition coefficient (Wildman–Crippen LogP) is 31.1. The summed E-state index contributed by atoms with van der Waals surface area (Å²) in [7, 11) is 6.69. The number of aromatic hydroxyl groups is 2. The van der Waals surface area contributed by atoms with E-state index in [4.69, 9.17) is 56.8 Å². The Hall–Kier alpha value is -11.1. The minimum absolute atomic E-state index is 0.125. The van der Waals surface area contributed by atoms with Gasteiger partial charge >= 0.3 is 0 Å². The number of aliphatic hydroxyl groups is 2. The molecule has 1 saturated carbocycles. The van der Waals surface area contributed by atoms with Crippen molar-refractivity contribution in [2.45, 2.75) is 265 Å². The highest BCUT2D eigenvalue weighted by molar-refractivity contribution is 5.90. The van der Waals surface area contributed by atoms with Gasteiger partial charge in [0, 0.05) is 118 Å². The number of phenols is 2. The fourth-order valence-electron chi connectivity index (χ4n) is 19.1. The van der Waals surface area contributed by atoms with Gasteiger partial charge in [0.15, 0.2) is 0 Å². The van der Waals surface area contributed by atoms with Crippen LogP contribution < -0.4 is 66.6 Å². The molecule has 0 aliphatic heterocycles. The lowest BCUT2D eigenvalue weighted by Crippen LogP contribution is -2.51. The maximum atomic E-state index is 12.9. The van der Waals surface area contributed by atoms with E-state index in [0.717, 1.165) is 192 Å². The van der Waals surface area contributed by atoms with Crippen molar-refractivity contribution in [2.75, 3.05) is 91.1 Å². The molecule has 10 aromatic carbocycles. The maximum Gasteiger partial charge on any atom is 0.134 e. The molecule has 1 aliphatic carbocycles. The van der Waals surface area contributed by atoms with Gasteiger partial charge in [0.1, 0.15) is 80.5 Å². The van der Waals surface area contributed by atoms with E-state index < -0.39 is 24.0 Å². The van der Waals surface area contributed by atoms with Gasteiger partial charge in [-0.15, -0.1) is 0 Å². The van der Waals surface area contributed by atoms with E-state index in [1.165, 1.54) is 0 Å². The van der Waals surface area contributed by atoms with Crippen LogP contribution >= 0.6 is 0 Å². The minimum Gasteiger partial charge on any atom is -0.508 e. The molecule has 1 aliphatic rings. The Balaban J connectivity index is 1.03. The molecule has 0 unspecified atom stereocenters. The average Bonchev–Trinajstić information content (AvgIpc) is 0.729. The Labute approximate surface area is 826 Å². The summed E-state index contributed by atoms with van der Waals surface area (Å²) in [6, 6.07) is 52.3. The molecule has 0 radical (unpaired) electrons. The normalized spacial score (nSPS) is 14.3. The standard InChI is InChI=1S/C120H162N2O16/c1-25-79(26-2)67-131-105-59-93(127-21)60-106(132-68-80(27-3)28-4)113(105)87-41-49-99(75(17)53-87)121(100-50-42-88(54-76(100)18)114-107(133-69-81(29-5)30-6)61-94(128-22)62-108(114)134-70-82(31-7)32-8)91-45-47-97(103(123)57-91)117-119(125)118(120(117)126)98-48-46-92(58-104(98)124)122(101-51-43-89(55-77(101)19)115-109(135-71-83(33-9)34-10)63-95(129-23)64-110(115)136-72-84(35-11)36-12)102-52-44-90(56-78(102)20)116-111(137-73-85(37-13)38-14)65-96(130-24)66-112(116)138-74-86(39-15)40-16/h41-66,79-86,117-120,123-126H,25-40,67-74H2,1-24H3. The maximum absolute atomic E-state index is 12.9. The van der Waals surface area contributed by atoms with Gasteiger partial charge in [-0.05, 0) is 180 Å². The summed E-state index contributed by atoms with van der Waals surface area (Å²) in [5.41, 5.74) is 15.7. The number of anilines is 6. The Kier molecular flexibility index (Phi) is 40.2. The largest absolute Gasteiger partial charge is 0.508 e. The summed E-state index contributed by atoms with van der Waals surface area (Å²) >= 11 is 0. The molecular weight excluding hydrogens is 1730 g/mol. The molecule has 0 saturated heterocycles. The van der Waals surface area contributed by atoms with Crippen LogP contribution in [0.2, 0.25) is 0 Å². The van der Waals surface area contributed by atoms with Crippen molar-refractivity contribution in [1.29, 1.82) is 0 Å². The fraction of sp³-hybridized carbons (Fsp3) is 0.500. The summed E-state index contributed by atoms with van der Waals surface area (Å²) in [6.45, 7) is 47.8. The number of hydrogen-bond donors (Lipinski definition) is 4. The summed E-state index contributed by atoms with van der Waals surface area (Å²) in [6.07, 6.45) is 13.0. The van der Waals surface area contributed by atoms with Crippen molar-refractivity contribution in [3.63, 3.8) is 0 Å². The van der Waals surface area contributed by atoms with Gasteiger partial charge in [-0.2, -0.15) is 0 Å². The van der Waals surface area contributed by atoms with Gasteiger partial charge in [-0.3, -0.25) is 0 Å². The van der Waals surface area contributed by atoms with Crippen LogP contribution in [-0.4, -0.2) is 114 Å². The number of phenolic OH excluding ortho intramolecular Hbond substituents is 2. The van der Waals surface area contributed by atoms with Gasteiger partial charge in [0.05, 0.1) is 116 Å². The van der Waals surface area contributed by atoms with E-state index in [9.17, 15) is 20.4 Å². The van der Waals surface area contributed by atoms with Crippen LogP contribution in [0.1, 0.15) is 259 Å². The quantitative estimate of drug-likeness (QED) is 0.0280. The summed E-state index contributed by atoms with van der Waals surface area (Å²) < 4.78 is 78.9. The average molecular weight is 1890 g/mol. The molecule has 18 nitrogen and oxygen atoms in total. The molecule has 0 heterocycles. The third kappa shape index (κ3) is 25.4. The van der Waals surface area contributed by atoms with Crippen LogP contribution in [0.15, 0.2) is 158 Å². The third-order valence-corrected chi connectivity index (χ3v) is 29.8. The van der Waals surface area contributed by atoms with Crippen LogP contribution in [-0.2, 0) is 0 Å². The van der Waals surface area contributed by atoms with Crippen LogP contribution in [0.5, 0.6) is 80.5 Å². The van der Waals surface area contributed by atoms with Crippen LogP contribution in [0.3, 0.4) is 0 Å². The van der Waals surface area contributed by atoms with Crippen LogP contribution in [0, 0.1) is 75.0 Å². The van der Waals surface area contributed by atoms with Crippen molar-refractivity contribution in [3.05, 3.63) is 191 Å². The number of nitrogens with zero attached hydrogens (tertiary/aromatic N) is 2. The zero-order chi connectivity index (χ0) is 99.6. The van der Waals surface area contributed by atoms with E-state index in [1.54, 1.807) is 40.6 Å². The van der Waals surface area contributed by atoms with E-state index >= 15 is 0 Å². The zero-order valence-corrected chi connectivity index (χ0v) is 87.5. The first-order chi connectivity index (χ1) is 66.8. The lowest BCUT2D eigenvalue weighted by Gasteiger charge is -2.47. The van der Waals surface area contributed by atoms with E-state index in [-0.39, 0.29) is 11.5 Å². The monoisotopic (exact) mass is 1890 g/mol. The predicted molar refractivity (Wildman–Crippen MR) is 567 cm³/mol. The molecule has 748 valence electrons. The molecule has 10 aromatic rings. The van der Waals surface area contributed by atoms with Crippen LogP contribution in [0.25, 0.3) is 44.5 Å². The van der Waals surface area contributed by atoms with Gasteiger partial charge in [0.25, 0.3) is 0 Å². The number of methoxy groups -OCH3 is 4. The Bertz CT molecular complexity index is 4770. The van der Waals surface area contributed by atoms with Crippen molar-refractivity contribution in [2.24, 2.45) is 47.3 Å². The zero-order valence-electron chi connectivity index (χ0n) is 87.5. The molecule has 4 N–H and O–H groups in total. The number of rotatable bonds is 56. The number of benzene rings is 10. The number of ether oxygens (including phenoxy) is 12. The fourth-order valence-corrected chi connectivity index (χ4v) is 19.1. The van der Waals surface area contributed by atoms with Crippen molar-refractivity contribution < 1.29 is 77.3 Å². The second kappa shape index (κ2) is 51.7. The van der Waals surface area contributed by atoms with Gasteiger partial charge in [-0.25, -0.2) is 0 Å². The molecular formula is C120H162N2O16. The lowest BCUT2D eigenvalue weighted by molar-refractivity contribution is -0.0797. The molecule has 1 fully saturated rings. The van der Waals surface area contributed by atoms with Gasteiger partial charge in [-0.1, -0.05) is 250 Å². The highest BCUT2D eigenvalue weighted by Crippen LogP contribution is 2.57. The number of aliphatic hydroxyl groups excluding tert-OH is 2. The SMILES string of the molecule is CCC(CC)COc1cc(OC)cc(OCC(CC)CC)c1-c1ccc(N(c2ccc(C3C(O)C(c4ccc(N(c5ccc(-c6c(OCC(CC)CC)cc(OC)cc6OCC(CC)CC)cc5C)c5ccc(-c6c(OCC(CC)CC)cc(OC)cc6OCC(CC)CC)cc5C)cc4O)C3O)c(O)c2)c2ccc(-c3c(OCC(CC)CC)cc(OC)cc3OCC(CC)CC)cc2C)c(C)c1. The molecule has 0 bridgehead atoms. The second-order valence-corrected chi connectivity index (χ2v) is 38.1. The second-order valence-electron chi connectivity index (χ2n) is 38.1. The van der Waals surface area contributed by atoms with Crippen molar-refractivity contribution in [3.8, 4) is 125 Å². The highest BCUT2D eigenvalue weighted by Gasteiger charge is 2.52. The molecule has 0 amide bonds. The summed E-state index contributed by atoms with van der Waals surface area (Å²) in [4.78, 5) is 4.32. The first kappa shape index (κ1) is 107. The molecule has 138 heavy (non-hydrogen) atoms. The molecule has 0 atom stereocenters. The topological polar surface area (TPSA) is 198 Å². The number of hydrogen-bond acceptors (Lipinski definition) is 18. The number of aryl methyl sites for hydroxylation is 4. The van der Waals surface area contributed by atoms with Crippen molar-refractivity contribution >= 4 is 34.1 Å². The van der Waals surface area contributed by atoms with E-state index in [1.807, 2.05) is 72.8 Å². The third-order valence-electron chi connectivity index (χ3n) is 29.8. The molecule has 18 heteroatoms. The Morgan fingerprint density at radius 2 is 0.413 bits per heavy atom. The van der Waals surface area contributed by atoms with E-state index in [2.05, 4.69) is 221 Å². The summed E-state index contributed by atoms with van der Waals surface area (Å²) in [5, 5.41) is 51.5. The van der Waals surface area contributed by atoms with Crippen molar-refractivity contribution in [1.82, 2.24) is 0 Å². The first-order valence-electron chi connectivity index (χ1n) is 51.8. The Morgan fingerprint density at radius 3 is 0.558 bits per heavy atom. The summed E-state index contributed by atoms with van der Waals surface area (Å²) in [5.74, 6) is 8.43. The first-order valence-corrected chi connectivity index (χ1v) is 51.8. The van der Waals surface area contributed by atoms with Gasteiger partial charge < -0.3 is 87.1 Å². The van der Waals surface area contributed by atoms with Gasteiger partial charge in [0.2, 0.25) is 0 Å². The smallest absolute Gasteiger partial charge is 0.134 e. The van der Waals surface area contributed by atoms with E-state index in [0.29, 0.717) is 192 Å².